The van der Waals surface area contributed by atoms with Gasteiger partial charge in [0.25, 0.3) is 5.91 Å². The molecule has 2 aromatic carbocycles. The summed E-state index contributed by atoms with van der Waals surface area (Å²) in [5, 5.41) is 13.9. The summed E-state index contributed by atoms with van der Waals surface area (Å²) >= 11 is 7.78. The van der Waals surface area contributed by atoms with Gasteiger partial charge in [-0.25, -0.2) is 9.69 Å². The Balaban J connectivity index is 1.51. The molecule has 1 fully saturated rings. The minimum absolute atomic E-state index is 0.313. The second kappa shape index (κ2) is 7.41. The summed E-state index contributed by atoms with van der Waals surface area (Å²) < 4.78 is 0. The first kappa shape index (κ1) is 19.6. The zero-order valence-corrected chi connectivity index (χ0v) is 17.9. The molecule has 0 aliphatic carbocycles. The summed E-state index contributed by atoms with van der Waals surface area (Å²) in [4.78, 5) is 32.4. The molecule has 1 aromatic heterocycles. The van der Waals surface area contributed by atoms with Crippen LogP contribution in [0.15, 0.2) is 54.9 Å². The number of fused-ring (bicyclic) bond motifs is 2. The number of rotatable bonds is 2. The van der Waals surface area contributed by atoms with Gasteiger partial charge >= 0.3 is 6.03 Å². The quantitative estimate of drug-likeness (QED) is 0.619. The molecule has 0 bridgehead atoms. The number of aryl methyl sites for hydroxylation is 1. The number of carbonyl (C=O) groups excluding carboxylic acids is 2. The SMILES string of the molecule is Cc1cc(Cl)c(C2=CC3NC(=O)N(c4cncc5ccccc45)C(=O)C3S2)cc1C#N. The van der Waals surface area contributed by atoms with Crippen LogP contribution in [0.1, 0.15) is 16.7 Å². The summed E-state index contributed by atoms with van der Waals surface area (Å²) in [5.74, 6) is -0.313. The topological polar surface area (TPSA) is 86.1 Å². The number of hydrogen-bond donors (Lipinski definition) is 1. The highest BCUT2D eigenvalue weighted by atomic mass is 35.5. The highest BCUT2D eigenvalue weighted by Crippen LogP contribution is 2.45. The molecule has 0 radical (unpaired) electrons. The molecular weight excluding hydrogens is 432 g/mol. The van der Waals surface area contributed by atoms with Gasteiger partial charge in [-0.3, -0.25) is 9.78 Å². The van der Waals surface area contributed by atoms with Crippen LogP contribution < -0.4 is 10.2 Å². The zero-order valence-electron chi connectivity index (χ0n) is 16.3. The van der Waals surface area contributed by atoms with Gasteiger partial charge < -0.3 is 5.32 Å². The zero-order chi connectivity index (χ0) is 21.7. The van der Waals surface area contributed by atoms with E-state index in [1.807, 2.05) is 37.3 Å². The number of hydrogen-bond acceptors (Lipinski definition) is 5. The fourth-order valence-electron chi connectivity index (χ4n) is 3.90. The van der Waals surface area contributed by atoms with E-state index in [-0.39, 0.29) is 5.91 Å². The van der Waals surface area contributed by atoms with Crippen LogP contribution in [-0.4, -0.2) is 28.2 Å². The van der Waals surface area contributed by atoms with Gasteiger partial charge in [-0.2, -0.15) is 5.26 Å². The van der Waals surface area contributed by atoms with Crippen LogP contribution in [0.5, 0.6) is 0 Å². The smallest absolute Gasteiger partial charge is 0.329 e. The van der Waals surface area contributed by atoms with Gasteiger partial charge in [-0.15, -0.1) is 11.8 Å². The van der Waals surface area contributed by atoms with Gasteiger partial charge in [-0.05, 0) is 30.7 Å². The predicted octanol–water partition coefficient (Wildman–Crippen LogP) is 4.65. The van der Waals surface area contributed by atoms with E-state index in [2.05, 4.69) is 16.4 Å². The number of nitriles is 1. The van der Waals surface area contributed by atoms with E-state index in [1.165, 1.54) is 18.0 Å². The largest absolute Gasteiger partial charge is 0.329 e. The molecular formula is C23H15ClN4O2S. The molecule has 152 valence electrons. The van der Waals surface area contributed by atoms with Crippen LogP contribution in [-0.2, 0) is 4.79 Å². The van der Waals surface area contributed by atoms with Crippen molar-refractivity contribution in [2.75, 3.05) is 4.90 Å². The first-order chi connectivity index (χ1) is 15.0. The van der Waals surface area contributed by atoms with Gasteiger partial charge in [0, 0.05) is 32.5 Å². The van der Waals surface area contributed by atoms with Crippen molar-refractivity contribution in [1.29, 1.82) is 5.26 Å². The van der Waals surface area contributed by atoms with Crippen LogP contribution in [0, 0.1) is 18.3 Å². The summed E-state index contributed by atoms with van der Waals surface area (Å²) in [5.41, 5.74) is 2.45. The van der Waals surface area contributed by atoms with Crippen LogP contribution in [0.4, 0.5) is 10.5 Å². The Morgan fingerprint density at radius 2 is 2.03 bits per heavy atom. The van der Waals surface area contributed by atoms with E-state index in [0.717, 1.165) is 26.1 Å². The molecule has 8 heteroatoms. The average molecular weight is 447 g/mol. The highest BCUT2D eigenvalue weighted by molar-refractivity contribution is 8.09. The number of halogens is 1. The minimum Gasteiger partial charge on any atom is -0.329 e. The number of imide groups is 1. The van der Waals surface area contributed by atoms with Crippen molar-refractivity contribution >= 4 is 56.7 Å². The third-order valence-corrected chi connectivity index (χ3v) is 7.13. The first-order valence-corrected chi connectivity index (χ1v) is 10.8. The summed E-state index contributed by atoms with van der Waals surface area (Å²) in [6.07, 6.45) is 5.07. The second-order valence-corrected chi connectivity index (χ2v) is 8.95. The number of nitrogens with one attached hydrogen (secondary N) is 1. The van der Waals surface area contributed by atoms with Crippen LogP contribution in [0.25, 0.3) is 15.7 Å². The van der Waals surface area contributed by atoms with Crippen molar-refractivity contribution in [3.63, 3.8) is 0 Å². The number of amides is 3. The molecule has 2 unspecified atom stereocenters. The Bertz CT molecular complexity index is 1340. The Kier molecular flexibility index (Phi) is 4.69. The molecule has 3 amide bonds. The lowest BCUT2D eigenvalue weighted by Gasteiger charge is -2.33. The van der Waals surface area contributed by atoms with Crippen molar-refractivity contribution < 1.29 is 9.59 Å². The monoisotopic (exact) mass is 446 g/mol. The van der Waals surface area contributed by atoms with E-state index < -0.39 is 17.3 Å². The normalized spacial score (nSPS) is 20.3. The molecule has 1 saturated heterocycles. The summed E-state index contributed by atoms with van der Waals surface area (Å²) in [7, 11) is 0. The van der Waals surface area contributed by atoms with Crippen LogP contribution in [0.3, 0.4) is 0 Å². The van der Waals surface area contributed by atoms with Gasteiger partial charge in [-0.1, -0.05) is 35.9 Å². The fraction of sp³-hybridized carbons (Fsp3) is 0.130. The van der Waals surface area contributed by atoms with Crippen molar-refractivity contribution in [2.45, 2.75) is 18.2 Å². The highest BCUT2D eigenvalue weighted by Gasteiger charge is 2.45. The third kappa shape index (κ3) is 3.16. The van der Waals surface area contributed by atoms with Gasteiger partial charge in [0.2, 0.25) is 0 Å². The number of benzene rings is 2. The van der Waals surface area contributed by atoms with E-state index in [0.29, 0.717) is 21.8 Å². The molecule has 2 aliphatic rings. The van der Waals surface area contributed by atoms with Crippen molar-refractivity contribution in [3.8, 4) is 6.07 Å². The lowest BCUT2D eigenvalue weighted by molar-refractivity contribution is -0.118. The number of carbonyl (C=O) groups is 2. The van der Waals surface area contributed by atoms with E-state index in [4.69, 9.17) is 11.6 Å². The molecule has 0 spiro atoms. The van der Waals surface area contributed by atoms with Crippen molar-refractivity contribution in [3.05, 3.63) is 76.6 Å². The number of pyridine rings is 1. The van der Waals surface area contributed by atoms with Crippen molar-refractivity contribution in [2.24, 2.45) is 0 Å². The predicted molar refractivity (Wildman–Crippen MR) is 122 cm³/mol. The first-order valence-electron chi connectivity index (χ1n) is 9.54. The van der Waals surface area contributed by atoms with Gasteiger partial charge in [0.1, 0.15) is 5.25 Å². The molecule has 31 heavy (non-hydrogen) atoms. The molecule has 5 rings (SSSR count). The van der Waals surface area contributed by atoms with Gasteiger partial charge in [0.15, 0.2) is 0 Å². The van der Waals surface area contributed by atoms with Crippen LogP contribution >= 0.6 is 23.4 Å². The Hall–Kier alpha value is -3.34. The molecule has 0 saturated carbocycles. The Morgan fingerprint density at radius 3 is 2.84 bits per heavy atom. The molecule has 6 nitrogen and oxygen atoms in total. The standard InChI is InChI=1S/C23H15ClN4O2S/c1-12-6-17(24)16(7-14(12)9-25)20-8-18-21(31-20)22(29)28(23(30)27-18)19-11-26-10-13-4-2-3-5-15(13)19/h2-8,10-11,18,21H,1H3,(H,27,30). The lowest BCUT2D eigenvalue weighted by Crippen LogP contribution is -2.60. The van der Waals surface area contributed by atoms with Crippen molar-refractivity contribution in [1.82, 2.24) is 10.3 Å². The molecule has 3 heterocycles. The minimum atomic E-state index is -0.533. The van der Waals surface area contributed by atoms with Gasteiger partial charge in [0.05, 0.1) is 29.6 Å². The number of thioether (sulfide) groups is 1. The van der Waals surface area contributed by atoms with E-state index in [9.17, 15) is 14.9 Å². The van der Waals surface area contributed by atoms with E-state index >= 15 is 0 Å². The maximum absolute atomic E-state index is 13.4. The lowest BCUT2D eigenvalue weighted by atomic mass is 10.0. The third-order valence-electron chi connectivity index (χ3n) is 5.46. The second-order valence-electron chi connectivity index (χ2n) is 7.36. The Morgan fingerprint density at radius 1 is 1.23 bits per heavy atom. The molecule has 2 aliphatic heterocycles. The number of nitrogens with zero attached hydrogens (tertiary/aromatic N) is 3. The summed E-state index contributed by atoms with van der Waals surface area (Å²) in [6, 6.07) is 12.2. The maximum Gasteiger partial charge on any atom is 0.329 e. The molecule has 2 atom stereocenters. The molecule has 1 N–H and O–H groups in total. The number of aromatic nitrogens is 1. The summed E-state index contributed by atoms with van der Waals surface area (Å²) in [6.45, 7) is 1.82. The number of urea groups is 1. The fourth-order valence-corrected chi connectivity index (χ4v) is 5.57. The van der Waals surface area contributed by atoms with Crippen LogP contribution in [0.2, 0.25) is 5.02 Å². The maximum atomic E-state index is 13.4. The average Bonchev–Trinajstić information content (AvgIpc) is 3.18. The van der Waals surface area contributed by atoms with E-state index in [1.54, 1.807) is 18.3 Å². The number of anilines is 1. The Labute approximate surface area is 187 Å². The molecule has 3 aromatic rings.